The molecule has 0 atom stereocenters. The maximum atomic E-state index is 13.1. The molecule has 0 spiro atoms. The third kappa shape index (κ3) is 4.60. The second-order valence-corrected chi connectivity index (χ2v) is 8.80. The molecule has 7 nitrogen and oxygen atoms in total. The Kier molecular flexibility index (Phi) is 5.87. The van der Waals surface area contributed by atoms with E-state index >= 15 is 0 Å². The number of pyridine rings is 1. The van der Waals surface area contributed by atoms with Crippen LogP contribution < -0.4 is 11.1 Å². The quantitative estimate of drug-likeness (QED) is 0.345. The molecule has 0 aliphatic heterocycles. The number of nitrogens with zero attached hydrogens (tertiary/aromatic N) is 2. The minimum atomic E-state index is -3.79. The van der Waals surface area contributed by atoms with Gasteiger partial charge in [-0.2, -0.15) is 0 Å². The number of hydrogen-bond acceptors (Lipinski definition) is 5. The van der Waals surface area contributed by atoms with Crippen LogP contribution in [0.5, 0.6) is 0 Å². The highest BCUT2D eigenvalue weighted by Crippen LogP contribution is 2.24. The number of nitrogen functional groups attached to an aromatic ring is 1. The van der Waals surface area contributed by atoms with Crippen LogP contribution in [0.4, 0.5) is 11.4 Å². The number of aromatic nitrogens is 2. The molecule has 4 rings (SSSR count). The molecule has 8 heteroatoms. The Morgan fingerprint density at radius 2 is 1.75 bits per heavy atom. The summed E-state index contributed by atoms with van der Waals surface area (Å²) in [5.41, 5.74) is 9.00. The number of anilines is 2. The van der Waals surface area contributed by atoms with E-state index < -0.39 is 10.0 Å². The van der Waals surface area contributed by atoms with Crippen molar-refractivity contribution in [3.8, 4) is 11.1 Å². The van der Waals surface area contributed by atoms with Crippen LogP contribution in [-0.4, -0.2) is 23.3 Å². The van der Waals surface area contributed by atoms with Crippen molar-refractivity contribution < 1.29 is 13.2 Å². The lowest BCUT2D eigenvalue weighted by atomic mass is 10.1. The predicted molar refractivity (Wildman–Crippen MR) is 125 cm³/mol. The van der Waals surface area contributed by atoms with Gasteiger partial charge in [0.2, 0.25) is 5.91 Å². The fourth-order valence-corrected chi connectivity index (χ4v) is 4.35. The van der Waals surface area contributed by atoms with E-state index in [2.05, 4.69) is 10.3 Å². The number of carbonyl (C=O) groups excluding carboxylic acids is 1. The van der Waals surface area contributed by atoms with Gasteiger partial charge in [-0.05, 0) is 65.2 Å². The largest absolute Gasteiger partial charge is 0.397 e. The van der Waals surface area contributed by atoms with Crippen LogP contribution >= 0.6 is 0 Å². The fourth-order valence-electron chi connectivity index (χ4n) is 3.10. The SMILES string of the molecule is Nc1ccccc1NC(=O)C=Cc1ccn(S(=O)(=O)c2cccc(-c3ccncc3)c2)c1. The lowest BCUT2D eigenvalue weighted by molar-refractivity contribution is -0.111. The molecule has 0 bridgehead atoms. The van der Waals surface area contributed by atoms with Gasteiger partial charge in [0.1, 0.15) is 0 Å². The van der Waals surface area contributed by atoms with Gasteiger partial charge in [-0.15, -0.1) is 0 Å². The van der Waals surface area contributed by atoms with Gasteiger partial charge in [0.05, 0.1) is 16.3 Å². The van der Waals surface area contributed by atoms with E-state index in [1.165, 1.54) is 24.5 Å². The topological polar surface area (TPSA) is 107 Å². The van der Waals surface area contributed by atoms with Gasteiger partial charge in [0, 0.05) is 30.9 Å². The molecule has 2 aromatic heterocycles. The molecule has 0 saturated heterocycles. The Morgan fingerprint density at radius 1 is 0.969 bits per heavy atom. The lowest BCUT2D eigenvalue weighted by Crippen LogP contribution is -2.11. The maximum absolute atomic E-state index is 13.1. The molecule has 160 valence electrons. The number of para-hydroxylation sites is 2. The van der Waals surface area contributed by atoms with Crippen molar-refractivity contribution in [1.29, 1.82) is 0 Å². The zero-order chi connectivity index (χ0) is 22.6. The van der Waals surface area contributed by atoms with E-state index in [1.807, 2.05) is 18.2 Å². The highest BCUT2D eigenvalue weighted by atomic mass is 32.2. The molecule has 0 aliphatic carbocycles. The summed E-state index contributed by atoms with van der Waals surface area (Å²) in [6, 6.07) is 18.9. The molecule has 3 N–H and O–H groups in total. The van der Waals surface area contributed by atoms with Gasteiger partial charge in [-0.3, -0.25) is 9.78 Å². The summed E-state index contributed by atoms with van der Waals surface area (Å²) in [6.45, 7) is 0. The first-order chi connectivity index (χ1) is 15.4. The molecular formula is C24H20N4O3S. The number of carbonyl (C=O) groups is 1. The van der Waals surface area contributed by atoms with E-state index in [9.17, 15) is 13.2 Å². The summed E-state index contributed by atoms with van der Waals surface area (Å²) in [5, 5.41) is 2.68. The molecule has 0 radical (unpaired) electrons. The first-order valence-electron chi connectivity index (χ1n) is 9.71. The van der Waals surface area contributed by atoms with E-state index in [0.29, 0.717) is 16.9 Å². The fraction of sp³-hybridized carbons (Fsp3) is 0. The van der Waals surface area contributed by atoms with Crippen LogP contribution in [0.15, 0.2) is 102 Å². The van der Waals surface area contributed by atoms with Crippen molar-refractivity contribution in [3.63, 3.8) is 0 Å². The molecule has 0 unspecified atom stereocenters. The third-order valence-corrected chi connectivity index (χ3v) is 6.39. The molecule has 2 heterocycles. The van der Waals surface area contributed by atoms with E-state index in [4.69, 9.17) is 5.73 Å². The van der Waals surface area contributed by atoms with Gasteiger partial charge >= 0.3 is 0 Å². The van der Waals surface area contributed by atoms with Crippen molar-refractivity contribution in [2.45, 2.75) is 4.90 Å². The second-order valence-electron chi connectivity index (χ2n) is 6.95. The third-order valence-electron chi connectivity index (χ3n) is 4.76. The van der Waals surface area contributed by atoms with Crippen molar-refractivity contribution in [3.05, 3.63) is 103 Å². The number of nitrogens with two attached hydrogens (primary N) is 1. The Bertz CT molecular complexity index is 1390. The monoisotopic (exact) mass is 444 g/mol. The minimum Gasteiger partial charge on any atom is -0.397 e. The first-order valence-corrected chi connectivity index (χ1v) is 11.1. The predicted octanol–water partition coefficient (Wildman–Crippen LogP) is 4.02. The Labute approximate surface area is 185 Å². The zero-order valence-electron chi connectivity index (χ0n) is 16.9. The van der Waals surface area contributed by atoms with Crippen LogP contribution in [0.3, 0.4) is 0 Å². The van der Waals surface area contributed by atoms with E-state index in [0.717, 1.165) is 15.1 Å². The summed E-state index contributed by atoms with van der Waals surface area (Å²) >= 11 is 0. The smallest absolute Gasteiger partial charge is 0.267 e. The molecule has 1 amide bonds. The standard InChI is InChI=1S/C24H20N4O3S/c25-22-6-1-2-7-23(22)27-24(29)9-8-18-12-15-28(17-18)32(30,31)21-5-3-4-20(16-21)19-10-13-26-14-11-19/h1-17H,25H2,(H,27,29). The van der Waals surface area contributed by atoms with Gasteiger partial charge in [0.15, 0.2) is 0 Å². The molecule has 0 saturated carbocycles. The number of amides is 1. The summed E-state index contributed by atoms with van der Waals surface area (Å²) in [6.07, 6.45) is 9.07. The minimum absolute atomic E-state index is 0.162. The van der Waals surface area contributed by atoms with Crippen molar-refractivity contribution in [2.24, 2.45) is 0 Å². The normalized spacial score (nSPS) is 11.5. The van der Waals surface area contributed by atoms with E-state index in [-0.39, 0.29) is 10.8 Å². The molecule has 0 fully saturated rings. The second kappa shape index (κ2) is 8.91. The van der Waals surface area contributed by atoms with Gasteiger partial charge in [0.25, 0.3) is 10.0 Å². The maximum Gasteiger partial charge on any atom is 0.267 e. The number of hydrogen-bond donors (Lipinski definition) is 2. The Morgan fingerprint density at radius 3 is 2.53 bits per heavy atom. The lowest BCUT2D eigenvalue weighted by Gasteiger charge is -2.08. The molecule has 32 heavy (non-hydrogen) atoms. The molecule has 0 aliphatic rings. The van der Waals surface area contributed by atoms with Crippen LogP contribution in [0.25, 0.3) is 17.2 Å². The van der Waals surface area contributed by atoms with Crippen molar-refractivity contribution in [1.82, 2.24) is 8.96 Å². The summed E-state index contributed by atoms with van der Waals surface area (Å²) < 4.78 is 27.3. The Balaban J connectivity index is 1.52. The van der Waals surface area contributed by atoms with Gasteiger partial charge < -0.3 is 11.1 Å². The van der Waals surface area contributed by atoms with Crippen LogP contribution in [0.2, 0.25) is 0 Å². The average Bonchev–Trinajstić information content (AvgIpc) is 3.30. The highest BCUT2D eigenvalue weighted by Gasteiger charge is 2.17. The average molecular weight is 445 g/mol. The van der Waals surface area contributed by atoms with Crippen LogP contribution in [-0.2, 0) is 14.8 Å². The van der Waals surface area contributed by atoms with Gasteiger partial charge in [-0.25, -0.2) is 12.4 Å². The van der Waals surface area contributed by atoms with Crippen LogP contribution in [0.1, 0.15) is 5.56 Å². The molecule has 2 aromatic carbocycles. The van der Waals surface area contributed by atoms with Crippen molar-refractivity contribution >= 4 is 33.4 Å². The number of rotatable bonds is 6. The summed E-state index contributed by atoms with van der Waals surface area (Å²) in [5.74, 6) is -0.372. The van der Waals surface area contributed by atoms with Crippen LogP contribution in [0, 0.1) is 0 Å². The first kappa shape index (κ1) is 21.1. The molecule has 4 aromatic rings. The highest BCUT2D eigenvalue weighted by molar-refractivity contribution is 7.90. The number of nitrogens with one attached hydrogen (secondary N) is 1. The zero-order valence-corrected chi connectivity index (χ0v) is 17.7. The summed E-state index contributed by atoms with van der Waals surface area (Å²) in [7, 11) is -3.79. The van der Waals surface area contributed by atoms with Gasteiger partial charge in [-0.1, -0.05) is 24.3 Å². The molecular weight excluding hydrogens is 424 g/mol. The number of benzene rings is 2. The van der Waals surface area contributed by atoms with E-state index in [1.54, 1.807) is 60.9 Å². The summed E-state index contributed by atoms with van der Waals surface area (Å²) in [4.78, 5) is 16.3. The van der Waals surface area contributed by atoms with Crippen molar-refractivity contribution in [2.75, 3.05) is 11.1 Å². The Hall–Kier alpha value is -4.17.